The molecule has 1 aromatic carbocycles. The summed E-state index contributed by atoms with van der Waals surface area (Å²) in [4.78, 5) is 11.7. The molecule has 82 valence electrons. The lowest BCUT2D eigenvalue weighted by Gasteiger charge is -1.99. The molecule has 6 heteroatoms. The average Bonchev–Trinajstić information content (AvgIpc) is 2.78. The molecule has 0 saturated heterocycles. The first-order valence-corrected chi connectivity index (χ1v) is 5.50. The number of carbonyl (C=O) groups excluding carboxylic acids is 1. The lowest BCUT2D eigenvalue weighted by molar-refractivity contribution is 0.102. The Labute approximate surface area is 96.3 Å². The van der Waals surface area contributed by atoms with Crippen LogP contribution in [0.1, 0.15) is 15.4 Å². The Hall–Kier alpha value is -1.79. The van der Waals surface area contributed by atoms with E-state index in [0.29, 0.717) is 22.2 Å². The van der Waals surface area contributed by atoms with Gasteiger partial charge in [-0.1, -0.05) is 29.5 Å². The Bertz CT molecular complexity index is 483. The number of carbonyl (C=O) groups is 1. The first-order valence-electron chi connectivity index (χ1n) is 4.68. The topological polar surface area (TPSA) is 80.9 Å². The van der Waals surface area contributed by atoms with E-state index in [4.69, 9.17) is 5.73 Å². The summed E-state index contributed by atoms with van der Waals surface area (Å²) in [5.41, 5.74) is 5.99. The smallest absolute Gasteiger partial charge is 0.257 e. The van der Waals surface area contributed by atoms with Crippen molar-refractivity contribution in [2.24, 2.45) is 5.73 Å². The Morgan fingerprint density at radius 3 is 2.69 bits per heavy atom. The van der Waals surface area contributed by atoms with E-state index < -0.39 is 0 Å². The Balaban J connectivity index is 2.08. The lowest BCUT2D eigenvalue weighted by Crippen LogP contribution is -2.11. The maximum Gasteiger partial charge on any atom is 0.257 e. The molecule has 0 bridgehead atoms. The number of nitrogens with zero attached hydrogens (tertiary/aromatic N) is 2. The second-order valence-electron chi connectivity index (χ2n) is 3.03. The molecule has 0 fully saturated rings. The predicted octanol–water partition coefficient (Wildman–Crippen LogP) is 1.25. The van der Waals surface area contributed by atoms with E-state index in [2.05, 4.69) is 15.5 Å². The van der Waals surface area contributed by atoms with Crippen molar-refractivity contribution in [1.82, 2.24) is 10.2 Å². The van der Waals surface area contributed by atoms with Gasteiger partial charge in [-0.2, -0.15) is 0 Å². The van der Waals surface area contributed by atoms with Crippen LogP contribution >= 0.6 is 11.3 Å². The minimum absolute atomic E-state index is 0.194. The summed E-state index contributed by atoms with van der Waals surface area (Å²) in [6.45, 7) is 0.332. The van der Waals surface area contributed by atoms with E-state index in [1.54, 1.807) is 24.3 Å². The molecule has 0 saturated carbocycles. The van der Waals surface area contributed by atoms with E-state index in [1.807, 2.05) is 6.07 Å². The fourth-order valence-electron chi connectivity index (χ4n) is 1.15. The largest absolute Gasteiger partial charge is 0.324 e. The molecule has 1 aromatic heterocycles. The molecule has 1 amide bonds. The van der Waals surface area contributed by atoms with Gasteiger partial charge in [0.2, 0.25) is 5.13 Å². The number of hydrogen-bond acceptors (Lipinski definition) is 5. The van der Waals surface area contributed by atoms with Gasteiger partial charge in [0.15, 0.2) is 0 Å². The molecule has 2 aromatic rings. The summed E-state index contributed by atoms with van der Waals surface area (Å²) in [5, 5.41) is 11.4. The van der Waals surface area contributed by atoms with Gasteiger partial charge in [0.05, 0.1) is 0 Å². The Morgan fingerprint density at radius 1 is 1.31 bits per heavy atom. The summed E-state index contributed by atoms with van der Waals surface area (Å²) < 4.78 is 0. The van der Waals surface area contributed by atoms with E-state index >= 15 is 0 Å². The summed E-state index contributed by atoms with van der Waals surface area (Å²) in [7, 11) is 0. The van der Waals surface area contributed by atoms with E-state index in [0.717, 1.165) is 0 Å². The monoisotopic (exact) mass is 234 g/mol. The van der Waals surface area contributed by atoms with Crippen molar-refractivity contribution in [1.29, 1.82) is 0 Å². The van der Waals surface area contributed by atoms with E-state index in [1.165, 1.54) is 11.3 Å². The number of aromatic nitrogens is 2. The number of anilines is 1. The summed E-state index contributed by atoms with van der Waals surface area (Å²) >= 11 is 1.28. The number of rotatable bonds is 3. The van der Waals surface area contributed by atoms with Crippen molar-refractivity contribution in [3.8, 4) is 0 Å². The molecule has 0 spiro atoms. The molecule has 3 N–H and O–H groups in total. The maximum absolute atomic E-state index is 11.7. The molecule has 0 unspecified atom stereocenters. The van der Waals surface area contributed by atoms with Crippen molar-refractivity contribution in [2.45, 2.75) is 6.54 Å². The summed E-state index contributed by atoms with van der Waals surface area (Å²) in [6.07, 6.45) is 0. The van der Waals surface area contributed by atoms with Crippen molar-refractivity contribution in [2.75, 3.05) is 5.32 Å². The van der Waals surface area contributed by atoms with Gasteiger partial charge in [0.1, 0.15) is 5.01 Å². The van der Waals surface area contributed by atoms with Gasteiger partial charge >= 0.3 is 0 Å². The third-order valence-corrected chi connectivity index (χ3v) is 2.76. The average molecular weight is 234 g/mol. The van der Waals surface area contributed by atoms with Gasteiger partial charge in [-0.15, -0.1) is 10.2 Å². The zero-order chi connectivity index (χ0) is 11.4. The van der Waals surface area contributed by atoms with Crippen molar-refractivity contribution >= 4 is 22.4 Å². The zero-order valence-electron chi connectivity index (χ0n) is 8.38. The summed E-state index contributed by atoms with van der Waals surface area (Å²) in [5.74, 6) is -0.194. The first-order chi connectivity index (χ1) is 7.79. The van der Waals surface area contributed by atoms with Crippen LogP contribution in [0.2, 0.25) is 0 Å². The molecule has 0 aliphatic rings. The van der Waals surface area contributed by atoms with Crippen LogP contribution in [0.3, 0.4) is 0 Å². The third kappa shape index (κ3) is 2.41. The predicted molar refractivity (Wildman–Crippen MR) is 62.2 cm³/mol. The van der Waals surface area contributed by atoms with Gasteiger partial charge in [-0.05, 0) is 12.1 Å². The fourth-order valence-corrected chi connectivity index (χ4v) is 1.76. The number of benzene rings is 1. The normalized spacial score (nSPS) is 10.1. The Kier molecular flexibility index (Phi) is 3.23. The van der Waals surface area contributed by atoms with Crippen molar-refractivity contribution < 1.29 is 4.79 Å². The minimum Gasteiger partial charge on any atom is -0.324 e. The molecule has 1 heterocycles. The highest BCUT2D eigenvalue weighted by Crippen LogP contribution is 2.15. The lowest BCUT2D eigenvalue weighted by atomic mass is 10.2. The molecular formula is C10H10N4OS. The summed E-state index contributed by atoms with van der Waals surface area (Å²) in [6, 6.07) is 8.94. The van der Waals surface area contributed by atoms with E-state index in [-0.39, 0.29) is 5.91 Å². The number of amides is 1. The second-order valence-corrected chi connectivity index (χ2v) is 4.09. The van der Waals surface area contributed by atoms with E-state index in [9.17, 15) is 4.79 Å². The van der Waals surface area contributed by atoms with Gasteiger partial charge < -0.3 is 5.73 Å². The van der Waals surface area contributed by atoms with Gasteiger partial charge in [-0.25, -0.2) is 0 Å². The fraction of sp³-hybridized carbons (Fsp3) is 0.100. The highest BCUT2D eigenvalue weighted by Gasteiger charge is 2.08. The van der Waals surface area contributed by atoms with Crippen molar-refractivity contribution in [3.05, 3.63) is 40.9 Å². The third-order valence-electron chi connectivity index (χ3n) is 1.90. The Morgan fingerprint density at radius 2 is 2.06 bits per heavy atom. The van der Waals surface area contributed by atoms with Gasteiger partial charge in [-0.3, -0.25) is 10.1 Å². The molecule has 0 radical (unpaired) electrons. The molecule has 2 rings (SSSR count). The van der Waals surface area contributed by atoms with Crippen LogP contribution in [0.5, 0.6) is 0 Å². The first kappa shape index (κ1) is 10.7. The standard InChI is InChI=1S/C10H10N4OS/c11-6-8-13-14-10(16-8)12-9(15)7-4-2-1-3-5-7/h1-5H,6,11H2,(H,12,14,15). The quantitative estimate of drug-likeness (QED) is 0.837. The zero-order valence-corrected chi connectivity index (χ0v) is 9.20. The highest BCUT2D eigenvalue weighted by atomic mass is 32.1. The minimum atomic E-state index is -0.194. The van der Waals surface area contributed by atoms with Crippen molar-refractivity contribution in [3.63, 3.8) is 0 Å². The number of nitrogens with two attached hydrogens (primary N) is 1. The van der Waals surface area contributed by atoms with Crippen LogP contribution in [-0.2, 0) is 6.54 Å². The van der Waals surface area contributed by atoms with Crippen LogP contribution in [0.4, 0.5) is 5.13 Å². The second kappa shape index (κ2) is 4.82. The van der Waals surface area contributed by atoms with Crippen LogP contribution in [0, 0.1) is 0 Å². The van der Waals surface area contributed by atoms with Crippen LogP contribution in [0.25, 0.3) is 0 Å². The van der Waals surface area contributed by atoms with Crippen LogP contribution in [0.15, 0.2) is 30.3 Å². The molecular weight excluding hydrogens is 224 g/mol. The molecule has 16 heavy (non-hydrogen) atoms. The van der Waals surface area contributed by atoms with Gasteiger partial charge in [0.25, 0.3) is 5.91 Å². The SMILES string of the molecule is NCc1nnc(NC(=O)c2ccccc2)s1. The molecule has 0 atom stereocenters. The number of hydrogen-bond donors (Lipinski definition) is 2. The maximum atomic E-state index is 11.7. The number of nitrogens with one attached hydrogen (secondary N) is 1. The molecule has 0 aliphatic heterocycles. The molecule has 0 aliphatic carbocycles. The van der Waals surface area contributed by atoms with Crippen LogP contribution < -0.4 is 11.1 Å². The van der Waals surface area contributed by atoms with Crippen LogP contribution in [-0.4, -0.2) is 16.1 Å². The highest BCUT2D eigenvalue weighted by molar-refractivity contribution is 7.15. The molecule has 5 nitrogen and oxygen atoms in total. The van der Waals surface area contributed by atoms with Gasteiger partial charge in [0, 0.05) is 12.1 Å².